The van der Waals surface area contributed by atoms with Crippen LogP contribution in [0.25, 0.3) is 0 Å². The normalized spacial score (nSPS) is 13.3. The lowest BCUT2D eigenvalue weighted by Gasteiger charge is -2.17. The molecule has 4 rings (SSSR count). The Bertz CT molecular complexity index is 968. The van der Waals surface area contributed by atoms with Crippen LogP contribution in [0.3, 0.4) is 0 Å². The SMILES string of the molecule is Cc1c(CN2C(=O)c3ccccc3C2=O)cccc1SCCn1ncnn1. The number of carbonyl (C=O) groups excluding carboxylic acids is 2. The van der Waals surface area contributed by atoms with Crippen molar-refractivity contribution < 1.29 is 9.59 Å². The lowest BCUT2D eigenvalue weighted by atomic mass is 10.1. The molecule has 136 valence electrons. The van der Waals surface area contributed by atoms with Crippen molar-refractivity contribution in [2.45, 2.75) is 24.9 Å². The predicted molar refractivity (Wildman–Crippen MR) is 100 cm³/mol. The summed E-state index contributed by atoms with van der Waals surface area (Å²) in [5.74, 6) is 0.337. The zero-order valence-electron chi connectivity index (χ0n) is 14.7. The maximum absolute atomic E-state index is 12.6. The van der Waals surface area contributed by atoms with Crippen LogP contribution in [0.5, 0.6) is 0 Å². The Labute approximate surface area is 160 Å². The lowest BCUT2D eigenvalue weighted by molar-refractivity contribution is 0.0642. The summed E-state index contributed by atoms with van der Waals surface area (Å²) in [5, 5.41) is 11.5. The highest BCUT2D eigenvalue weighted by atomic mass is 32.2. The molecule has 1 aliphatic rings. The summed E-state index contributed by atoms with van der Waals surface area (Å²) in [5.41, 5.74) is 3.00. The number of aryl methyl sites for hydroxylation is 1. The summed E-state index contributed by atoms with van der Waals surface area (Å²) in [7, 11) is 0. The van der Waals surface area contributed by atoms with Crippen molar-refractivity contribution in [3.05, 3.63) is 71.0 Å². The number of nitrogens with zero attached hydrogens (tertiary/aromatic N) is 5. The highest BCUT2D eigenvalue weighted by Gasteiger charge is 2.35. The van der Waals surface area contributed by atoms with E-state index in [1.54, 1.807) is 40.8 Å². The molecular weight excluding hydrogens is 362 g/mol. The van der Waals surface area contributed by atoms with Crippen LogP contribution in [-0.2, 0) is 13.1 Å². The van der Waals surface area contributed by atoms with Crippen molar-refractivity contribution in [1.29, 1.82) is 0 Å². The van der Waals surface area contributed by atoms with E-state index in [0.717, 1.165) is 21.8 Å². The molecular formula is C19H17N5O2S. The minimum absolute atomic E-state index is 0.231. The summed E-state index contributed by atoms with van der Waals surface area (Å²) >= 11 is 1.69. The van der Waals surface area contributed by atoms with E-state index in [2.05, 4.69) is 15.4 Å². The lowest BCUT2D eigenvalue weighted by Crippen LogP contribution is -2.29. The third-order valence-corrected chi connectivity index (χ3v) is 5.68. The molecule has 0 saturated carbocycles. The van der Waals surface area contributed by atoms with Crippen molar-refractivity contribution in [3.63, 3.8) is 0 Å². The zero-order valence-corrected chi connectivity index (χ0v) is 15.5. The molecule has 8 heteroatoms. The van der Waals surface area contributed by atoms with Crippen molar-refractivity contribution in [1.82, 2.24) is 25.1 Å². The van der Waals surface area contributed by atoms with Gasteiger partial charge in [0.2, 0.25) is 0 Å². The number of hydrogen-bond donors (Lipinski definition) is 0. The van der Waals surface area contributed by atoms with Gasteiger partial charge in [-0.25, -0.2) is 0 Å². The molecule has 0 radical (unpaired) electrons. The first-order chi connectivity index (χ1) is 13.1. The predicted octanol–water partition coefficient (Wildman–Crippen LogP) is 2.57. The fourth-order valence-corrected chi connectivity index (χ4v) is 4.07. The third kappa shape index (κ3) is 3.35. The Morgan fingerprint density at radius 2 is 1.74 bits per heavy atom. The van der Waals surface area contributed by atoms with Crippen LogP contribution >= 0.6 is 11.8 Å². The zero-order chi connectivity index (χ0) is 18.8. The average Bonchev–Trinajstić information content (AvgIpc) is 3.28. The molecule has 0 unspecified atom stereocenters. The van der Waals surface area contributed by atoms with Gasteiger partial charge in [0.05, 0.1) is 24.2 Å². The molecule has 0 spiro atoms. The molecule has 0 fully saturated rings. The Balaban J connectivity index is 1.48. The molecule has 7 nitrogen and oxygen atoms in total. The van der Waals surface area contributed by atoms with Gasteiger partial charge in [0.1, 0.15) is 0 Å². The van der Waals surface area contributed by atoms with Gasteiger partial charge in [-0.2, -0.15) is 4.80 Å². The first-order valence-electron chi connectivity index (χ1n) is 8.52. The van der Waals surface area contributed by atoms with Gasteiger partial charge >= 0.3 is 0 Å². The van der Waals surface area contributed by atoms with Crippen LogP contribution in [0.4, 0.5) is 0 Å². The van der Waals surface area contributed by atoms with Crippen LogP contribution in [-0.4, -0.2) is 42.7 Å². The van der Waals surface area contributed by atoms with Gasteiger partial charge < -0.3 is 0 Å². The van der Waals surface area contributed by atoms with Crippen LogP contribution in [0.15, 0.2) is 53.7 Å². The van der Waals surface area contributed by atoms with E-state index in [9.17, 15) is 9.59 Å². The van der Waals surface area contributed by atoms with Gasteiger partial charge in [0.15, 0.2) is 6.33 Å². The number of thioether (sulfide) groups is 1. The second-order valence-corrected chi connectivity index (χ2v) is 7.30. The molecule has 0 bridgehead atoms. The van der Waals surface area contributed by atoms with Crippen molar-refractivity contribution in [2.24, 2.45) is 0 Å². The smallest absolute Gasteiger partial charge is 0.261 e. The Kier molecular flexibility index (Phi) is 4.72. The largest absolute Gasteiger partial charge is 0.270 e. The monoisotopic (exact) mass is 379 g/mol. The molecule has 0 aliphatic carbocycles. The number of amides is 2. The van der Waals surface area contributed by atoms with E-state index < -0.39 is 0 Å². The minimum Gasteiger partial charge on any atom is -0.270 e. The first-order valence-corrected chi connectivity index (χ1v) is 9.51. The maximum Gasteiger partial charge on any atom is 0.261 e. The van der Waals surface area contributed by atoms with E-state index in [-0.39, 0.29) is 18.4 Å². The number of hydrogen-bond acceptors (Lipinski definition) is 6. The van der Waals surface area contributed by atoms with Crippen LogP contribution in [0, 0.1) is 6.92 Å². The van der Waals surface area contributed by atoms with E-state index in [1.165, 1.54) is 11.2 Å². The number of aromatic nitrogens is 4. The number of carbonyl (C=O) groups is 2. The molecule has 0 saturated heterocycles. The second-order valence-electron chi connectivity index (χ2n) is 6.16. The quantitative estimate of drug-likeness (QED) is 0.484. The van der Waals surface area contributed by atoms with Crippen molar-refractivity contribution in [3.8, 4) is 0 Å². The summed E-state index contributed by atoms with van der Waals surface area (Å²) < 4.78 is 0. The Morgan fingerprint density at radius 3 is 2.41 bits per heavy atom. The van der Waals surface area contributed by atoms with Gasteiger partial charge in [-0.3, -0.25) is 14.5 Å². The van der Waals surface area contributed by atoms with Gasteiger partial charge in [0, 0.05) is 10.6 Å². The average molecular weight is 379 g/mol. The molecule has 1 aliphatic heterocycles. The van der Waals surface area contributed by atoms with E-state index in [1.807, 2.05) is 25.1 Å². The van der Waals surface area contributed by atoms with Gasteiger partial charge in [-0.1, -0.05) is 24.3 Å². The Morgan fingerprint density at radius 1 is 1.00 bits per heavy atom. The summed E-state index contributed by atoms with van der Waals surface area (Å²) in [6, 6.07) is 12.9. The molecule has 3 aromatic rings. The summed E-state index contributed by atoms with van der Waals surface area (Å²) in [4.78, 5) is 29.2. The summed E-state index contributed by atoms with van der Waals surface area (Å²) in [6.45, 7) is 2.95. The number of tetrazole rings is 1. The second kappa shape index (κ2) is 7.32. The molecule has 2 aromatic carbocycles. The highest BCUT2D eigenvalue weighted by molar-refractivity contribution is 7.99. The Hall–Kier alpha value is -3.00. The van der Waals surface area contributed by atoms with Gasteiger partial charge in [0.25, 0.3) is 11.8 Å². The van der Waals surface area contributed by atoms with Crippen LogP contribution < -0.4 is 0 Å². The minimum atomic E-state index is -0.231. The van der Waals surface area contributed by atoms with Gasteiger partial charge in [-0.05, 0) is 41.5 Å². The third-order valence-electron chi connectivity index (χ3n) is 4.54. The number of rotatable bonds is 6. The molecule has 0 N–H and O–H groups in total. The highest BCUT2D eigenvalue weighted by Crippen LogP contribution is 2.29. The van der Waals surface area contributed by atoms with E-state index in [0.29, 0.717) is 17.7 Å². The van der Waals surface area contributed by atoms with Crippen molar-refractivity contribution >= 4 is 23.6 Å². The fraction of sp³-hybridized carbons (Fsp3) is 0.211. The van der Waals surface area contributed by atoms with Crippen LogP contribution in [0.1, 0.15) is 31.8 Å². The van der Waals surface area contributed by atoms with Crippen molar-refractivity contribution in [2.75, 3.05) is 5.75 Å². The van der Waals surface area contributed by atoms with E-state index >= 15 is 0 Å². The topological polar surface area (TPSA) is 81.0 Å². The van der Waals surface area contributed by atoms with Crippen LogP contribution in [0.2, 0.25) is 0 Å². The molecule has 2 amide bonds. The first kappa shape index (κ1) is 17.4. The maximum atomic E-state index is 12.6. The molecule has 27 heavy (non-hydrogen) atoms. The van der Waals surface area contributed by atoms with E-state index in [4.69, 9.17) is 0 Å². The number of imide groups is 1. The fourth-order valence-electron chi connectivity index (χ4n) is 3.07. The molecule has 1 aromatic heterocycles. The molecule has 0 atom stereocenters. The standard InChI is InChI=1S/C19H17N5O2S/c1-13-14(5-4-8-17(13)27-10-9-24-21-12-20-22-24)11-23-18(25)15-6-2-3-7-16(15)19(23)26/h2-8,12H,9-11H2,1H3. The number of fused-ring (bicyclic) bond motifs is 1. The molecule has 2 heterocycles. The summed E-state index contributed by atoms with van der Waals surface area (Å²) in [6.07, 6.45) is 1.42. The number of benzene rings is 2. The van der Waals surface area contributed by atoms with Gasteiger partial charge in [-0.15, -0.1) is 22.0 Å².